The number of carbonyl (C=O) groups is 2. The third kappa shape index (κ3) is 7.39. The molecule has 208 valence electrons. The van der Waals surface area contributed by atoms with E-state index in [0.29, 0.717) is 24.2 Å². The van der Waals surface area contributed by atoms with E-state index < -0.39 is 42.8 Å². The van der Waals surface area contributed by atoms with Gasteiger partial charge in [-0.05, 0) is 49.9 Å². The lowest BCUT2D eigenvalue weighted by molar-refractivity contribution is 0.0798. The largest absolute Gasteiger partial charge is 0.489 e. The Hall–Kier alpha value is -4.29. The zero-order chi connectivity index (χ0) is 28.1. The van der Waals surface area contributed by atoms with Gasteiger partial charge < -0.3 is 29.7 Å². The van der Waals surface area contributed by atoms with Crippen molar-refractivity contribution in [3.8, 4) is 23.0 Å². The Labute approximate surface area is 220 Å². The van der Waals surface area contributed by atoms with E-state index in [1.807, 2.05) is 0 Å². The Morgan fingerprint density at radius 3 is 2.56 bits per heavy atom. The Bertz CT molecular complexity index is 1350. The molecule has 9 nitrogen and oxygen atoms in total. The predicted molar refractivity (Wildman–Crippen MR) is 128 cm³/mol. The first-order valence-corrected chi connectivity index (χ1v) is 12.0. The minimum absolute atomic E-state index is 0.0216. The summed E-state index contributed by atoms with van der Waals surface area (Å²) >= 11 is 0. The molecule has 0 spiro atoms. The number of halogens is 4. The van der Waals surface area contributed by atoms with Crippen LogP contribution < -0.4 is 20.5 Å². The summed E-state index contributed by atoms with van der Waals surface area (Å²) in [5, 5.41) is 2.47. The molecule has 4 rings (SSSR count). The van der Waals surface area contributed by atoms with E-state index in [2.05, 4.69) is 10.3 Å². The lowest BCUT2D eigenvalue weighted by atomic mass is 10.2. The minimum atomic E-state index is -2.69. The minimum Gasteiger partial charge on any atom is -0.489 e. The third-order valence-corrected chi connectivity index (χ3v) is 5.71. The van der Waals surface area contributed by atoms with Gasteiger partial charge in [-0.25, -0.2) is 27.3 Å². The van der Waals surface area contributed by atoms with Crippen molar-refractivity contribution in [2.24, 2.45) is 11.7 Å². The van der Waals surface area contributed by atoms with E-state index in [-0.39, 0.29) is 41.0 Å². The van der Waals surface area contributed by atoms with Crippen molar-refractivity contribution in [1.82, 2.24) is 10.3 Å². The molecule has 1 atom stereocenters. The van der Waals surface area contributed by atoms with Crippen LogP contribution in [0.3, 0.4) is 0 Å². The second-order valence-electron chi connectivity index (χ2n) is 8.85. The average Bonchev–Trinajstić information content (AvgIpc) is 3.60. The van der Waals surface area contributed by atoms with Gasteiger partial charge in [0.15, 0.2) is 29.1 Å². The number of hydrogen-bond acceptors (Lipinski definition) is 7. The molecule has 1 aliphatic rings. The summed E-state index contributed by atoms with van der Waals surface area (Å²) < 4.78 is 74.3. The van der Waals surface area contributed by atoms with Crippen molar-refractivity contribution >= 4 is 12.0 Å². The topological polar surface area (TPSA) is 126 Å². The average molecular weight is 551 g/mol. The van der Waals surface area contributed by atoms with Gasteiger partial charge in [-0.2, -0.15) is 0 Å². The number of primary amides is 1. The summed E-state index contributed by atoms with van der Waals surface area (Å²) in [6, 6.07) is 7.25. The van der Waals surface area contributed by atoms with E-state index in [4.69, 9.17) is 24.4 Å². The van der Waals surface area contributed by atoms with Crippen LogP contribution in [0.1, 0.15) is 47.7 Å². The highest BCUT2D eigenvalue weighted by Crippen LogP contribution is 2.37. The Morgan fingerprint density at radius 1 is 1.13 bits per heavy atom. The molecule has 13 heteroatoms. The molecule has 1 saturated carbocycles. The molecule has 0 radical (unpaired) electrons. The first kappa shape index (κ1) is 27.7. The number of ether oxygens (including phenoxy) is 3. The lowest BCUT2D eigenvalue weighted by Crippen LogP contribution is -2.26. The zero-order valence-electron chi connectivity index (χ0n) is 20.7. The number of carbonyl (C=O) groups excluding carboxylic acids is 2. The molecule has 3 aromatic rings. The summed E-state index contributed by atoms with van der Waals surface area (Å²) in [6.07, 6.45) is -2.96. The van der Waals surface area contributed by atoms with Crippen molar-refractivity contribution in [1.29, 1.82) is 0 Å². The number of alkyl halides is 2. The van der Waals surface area contributed by atoms with Crippen LogP contribution >= 0.6 is 0 Å². The fourth-order valence-corrected chi connectivity index (χ4v) is 3.56. The van der Waals surface area contributed by atoms with E-state index >= 15 is 0 Å². The van der Waals surface area contributed by atoms with Crippen LogP contribution in [0.5, 0.6) is 11.5 Å². The van der Waals surface area contributed by atoms with E-state index in [1.54, 1.807) is 0 Å². The second-order valence-corrected chi connectivity index (χ2v) is 8.85. The highest BCUT2D eigenvalue weighted by atomic mass is 19.3. The van der Waals surface area contributed by atoms with E-state index in [9.17, 15) is 27.2 Å². The molecule has 39 heavy (non-hydrogen) atoms. The number of benzene rings is 2. The van der Waals surface area contributed by atoms with Crippen molar-refractivity contribution < 1.29 is 45.8 Å². The molecular formula is C26H25F4N3O6. The first-order chi connectivity index (χ1) is 18.6. The van der Waals surface area contributed by atoms with Gasteiger partial charge in [0.2, 0.25) is 5.89 Å². The molecular weight excluding hydrogens is 526 g/mol. The molecule has 3 N–H and O–H groups in total. The summed E-state index contributed by atoms with van der Waals surface area (Å²) in [4.78, 5) is 28.5. The van der Waals surface area contributed by atoms with Crippen LogP contribution in [0.15, 0.2) is 40.8 Å². The predicted octanol–water partition coefficient (Wildman–Crippen LogP) is 5.14. The van der Waals surface area contributed by atoms with Gasteiger partial charge in [0.1, 0.15) is 18.2 Å². The fourth-order valence-electron chi connectivity index (χ4n) is 3.56. The van der Waals surface area contributed by atoms with Crippen LogP contribution in [0.4, 0.5) is 22.4 Å². The van der Waals surface area contributed by atoms with Crippen LogP contribution in [0.25, 0.3) is 11.5 Å². The number of aromatic nitrogens is 1. The molecule has 0 aliphatic heterocycles. The van der Waals surface area contributed by atoms with E-state index in [1.165, 1.54) is 31.2 Å². The second kappa shape index (κ2) is 12.0. The molecule has 0 saturated heterocycles. The van der Waals surface area contributed by atoms with Crippen LogP contribution in [0, 0.1) is 17.6 Å². The monoisotopic (exact) mass is 551 g/mol. The van der Waals surface area contributed by atoms with Crippen LogP contribution in [-0.4, -0.2) is 36.6 Å². The number of rotatable bonds is 12. The van der Waals surface area contributed by atoms with E-state index in [0.717, 1.165) is 18.9 Å². The molecule has 1 fully saturated rings. The fraction of sp³-hybridized carbons (Fsp3) is 0.346. The molecule has 1 aliphatic carbocycles. The number of hydrogen-bond donors (Lipinski definition) is 2. The van der Waals surface area contributed by atoms with Crippen LogP contribution in [0.2, 0.25) is 0 Å². The maximum absolute atomic E-state index is 14.0. The van der Waals surface area contributed by atoms with Gasteiger partial charge in [-0.1, -0.05) is 6.07 Å². The highest BCUT2D eigenvalue weighted by Gasteiger charge is 2.28. The Balaban J connectivity index is 1.62. The molecule has 2 amide bonds. The van der Waals surface area contributed by atoms with Crippen molar-refractivity contribution in [2.45, 2.75) is 38.8 Å². The third-order valence-electron chi connectivity index (χ3n) is 5.71. The molecule has 0 unspecified atom stereocenters. The molecule has 2 aromatic carbocycles. The summed E-state index contributed by atoms with van der Waals surface area (Å²) in [5.74, 6) is -2.03. The normalized spacial score (nSPS) is 13.7. The summed E-state index contributed by atoms with van der Waals surface area (Å²) in [6.45, 7) is 0.634. The molecule has 1 heterocycles. The number of nitrogens with one attached hydrogen (secondary N) is 1. The SMILES string of the molecule is C[C@H](OC(N)=O)c1oc(-c2ccc(OCC(F)F)c(OCC3CC3)c2)nc1C(=O)NCc1ccc(F)cc1F. The maximum atomic E-state index is 14.0. The quantitative estimate of drug-likeness (QED) is 0.299. The Morgan fingerprint density at radius 2 is 1.90 bits per heavy atom. The number of amides is 2. The standard InChI is InChI=1S/C26H25F4N3O6/c1-13(38-26(31)35)23-22(24(34)32-10-16-4-6-17(27)9-18(16)28)33-25(39-23)15-5-7-19(37-12-21(29)30)20(8-15)36-11-14-2-3-14/h4-9,13-14,21H,2-3,10-12H2,1H3,(H2,31,35)(H,32,34)/t13-/m0/s1. The van der Waals surface area contributed by atoms with Gasteiger partial charge in [0.25, 0.3) is 12.3 Å². The smallest absolute Gasteiger partial charge is 0.405 e. The van der Waals surface area contributed by atoms with Gasteiger partial charge in [-0.3, -0.25) is 4.79 Å². The molecule has 1 aromatic heterocycles. The number of oxazole rings is 1. The van der Waals surface area contributed by atoms with Crippen molar-refractivity contribution in [3.63, 3.8) is 0 Å². The first-order valence-electron chi connectivity index (χ1n) is 12.0. The highest BCUT2D eigenvalue weighted by molar-refractivity contribution is 5.94. The van der Waals surface area contributed by atoms with Crippen molar-refractivity contribution in [2.75, 3.05) is 13.2 Å². The summed E-state index contributed by atoms with van der Waals surface area (Å²) in [5.41, 5.74) is 5.16. The number of nitrogens with zero attached hydrogens (tertiary/aromatic N) is 1. The lowest BCUT2D eigenvalue weighted by Gasteiger charge is -2.13. The van der Waals surface area contributed by atoms with Crippen LogP contribution in [-0.2, 0) is 11.3 Å². The van der Waals surface area contributed by atoms with Crippen molar-refractivity contribution in [3.05, 3.63) is 65.1 Å². The Kier molecular flexibility index (Phi) is 8.57. The van der Waals surface area contributed by atoms with Gasteiger partial charge >= 0.3 is 6.09 Å². The van der Waals surface area contributed by atoms with Gasteiger partial charge in [-0.15, -0.1) is 0 Å². The maximum Gasteiger partial charge on any atom is 0.405 e. The van der Waals surface area contributed by atoms with Gasteiger partial charge in [0, 0.05) is 23.7 Å². The number of nitrogens with two attached hydrogens (primary N) is 1. The summed E-state index contributed by atoms with van der Waals surface area (Å²) in [7, 11) is 0. The van der Waals surface area contributed by atoms with Gasteiger partial charge in [0.05, 0.1) is 6.61 Å². The zero-order valence-corrected chi connectivity index (χ0v) is 20.7. The molecule has 0 bridgehead atoms.